The Morgan fingerprint density at radius 3 is 2.45 bits per heavy atom. The van der Waals surface area contributed by atoms with Gasteiger partial charge < -0.3 is 9.84 Å². The summed E-state index contributed by atoms with van der Waals surface area (Å²) in [7, 11) is 1.69. The Morgan fingerprint density at radius 2 is 1.95 bits per heavy atom. The van der Waals surface area contributed by atoms with Crippen LogP contribution in [0.4, 0.5) is 0 Å². The maximum atomic E-state index is 10.4. The van der Waals surface area contributed by atoms with Gasteiger partial charge in [0.05, 0.1) is 13.2 Å². The second-order valence-electron chi connectivity index (χ2n) is 7.05. The van der Waals surface area contributed by atoms with E-state index in [9.17, 15) is 5.11 Å². The van der Waals surface area contributed by atoms with Crippen molar-refractivity contribution in [1.82, 2.24) is 0 Å². The van der Waals surface area contributed by atoms with Gasteiger partial charge in [-0.1, -0.05) is 32.9 Å². The van der Waals surface area contributed by atoms with Gasteiger partial charge in [-0.05, 0) is 60.6 Å². The molecule has 1 saturated carbocycles. The van der Waals surface area contributed by atoms with Crippen molar-refractivity contribution in [2.45, 2.75) is 52.6 Å². The van der Waals surface area contributed by atoms with Gasteiger partial charge in [-0.25, -0.2) is 0 Å². The van der Waals surface area contributed by atoms with Crippen molar-refractivity contribution < 1.29 is 9.84 Å². The minimum atomic E-state index is -0.146. The third-order valence-electron chi connectivity index (χ3n) is 4.92. The standard InChI is InChI=1S/C18H28O2/c1-13(2)16-9-10-18(3,12-17(16)19)11-14-5-7-15(20-4)8-6-14/h5-8,13,16-17,19H,9-12H2,1-4H3/t16?,17?,18-/m1/s1. The van der Waals surface area contributed by atoms with Crippen LogP contribution in [-0.2, 0) is 6.42 Å². The molecule has 1 N–H and O–H groups in total. The fraction of sp³-hybridized carbons (Fsp3) is 0.667. The Labute approximate surface area is 123 Å². The number of rotatable bonds is 4. The average Bonchev–Trinajstić information content (AvgIpc) is 2.38. The van der Waals surface area contributed by atoms with E-state index in [1.54, 1.807) is 7.11 Å². The van der Waals surface area contributed by atoms with Crippen LogP contribution in [-0.4, -0.2) is 18.3 Å². The molecular weight excluding hydrogens is 248 g/mol. The summed E-state index contributed by atoms with van der Waals surface area (Å²) < 4.78 is 5.20. The Kier molecular flexibility index (Phi) is 4.74. The SMILES string of the molecule is COc1ccc(C[C@@]2(C)CCC(C(C)C)C(O)C2)cc1. The lowest BCUT2D eigenvalue weighted by molar-refractivity contribution is -0.00984. The largest absolute Gasteiger partial charge is 0.497 e. The lowest BCUT2D eigenvalue weighted by Gasteiger charge is -2.42. The monoisotopic (exact) mass is 276 g/mol. The summed E-state index contributed by atoms with van der Waals surface area (Å²) in [5, 5.41) is 10.4. The van der Waals surface area contributed by atoms with Gasteiger partial charge in [0.25, 0.3) is 0 Å². The molecule has 2 unspecified atom stereocenters. The molecule has 1 aromatic carbocycles. The van der Waals surface area contributed by atoms with Gasteiger partial charge in [-0.3, -0.25) is 0 Å². The maximum absolute atomic E-state index is 10.4. The van der Waals surface area contributed by atoms with Crippen LogP contribution in [0.5, 0.6) is 5.75 Å². The van der Waals surface area contributed by atoms with Crippen molar-refractivity contribution >= 4 is 0 Å². The molecule has 0 heterocycles. The normalized spacial score (nSPS) is 30.5. The molecule has 0 amide bonds. The van der Waals surface area contributed by atoms with Crippen LogP contribution in [0.15, 0.2) is 24.3 Å². The number of methoxy groups -OCH3 is 1. The predicted molar refractivity (Wildman–Crippen MR) is 83.0 cm³/mol. The summed E-state index contributed by atoms with van der Waals surface area (Å²) in [6.07, 6.45) is 4.16. The van der Waals surface area contributed by atoms with E-state index in [2.05, 4.69) is 32.9 Å². The zero-order valence-corrected chi connectivity index (χ0v) is 13.2. The Bertz CT molecular complexity index is 424. The molecular formula is C18H28O2. The van der Waals surface area contributed by atoms with Crippen LogP contribution in [0.25, 0.3) is 0 Å². The molecule has 2 heteroatoms. The maximum Gasteiger partial charge on any atom is 0.118 e. The first-order valence-electron chi connectivity index (χ1n) is 7.74. The highest BCUT2D eigenvalue weighted by atomic mass is 16.5. The predicted octanol–water partition coefficient (Wildman–Crippen LogP) is 4.06. The van der Waals surface area contributed by atoms with Crippen LogP contribution < -0.4 is 4.74 Å². The molecule has 0 spiro atoms. The number of hydrogen-bond acceptors (Lipinski definition) is 2. The zero-order chi connectivity index (χ0) is 14.8. The summed E-state index contributed by atoms with van der Waals surface area (Å²) in [4.78, 5) is 0. The lowest BCUT2D eigenvalue weighted by Crippen LogP contribution is -2.38. The van der Waals surface area contributed by atoms with E-state index in [1.807, 2.05) is 12.1 Å². The van der Waals surface area contributed by atoms with Crippen molar-refractivity contribution in [3.8, 4) is 5.75 Å². The number of aliphatic hydroxyl groups is 1. The fourth-order valence-corrected chi connectivity index (χ4v) is 3.64. The van der Waals surface area contributed by atoms with Gasteiger partial charge in [-0.15, -0.1) is 0 Å². The molecule has 2 nitrogen and oxygen atoms in total. The fourth-order valence-electron chi connectivity index (χ4n) is 3.64. The molecule has 1 fully saturated rings. The molecule has 2 rings (SSSR count). The van der Waals surface area contributed by atoms with Crippen LogP contribution in [0.1, 0.15) is 45.6 Å². The van der Waals surface area contributed by atoms with E-state index in [4.69, 9.17) is 4.74 Å². The third kappa shape index (κ3) is 3.54. The van der Waals surface area contributed by atoms with E-state index in [0.29, 0.717) is 11.8 Å². The van der Waals surface area contributed by atoms with Crippen molar-refractivity contribution in [1.29, 1.82) is 0 Å². The van der Waals surface area contributed by atoms with Gasteiger partial charge in [0.1, 0.15) is 5.75 Å². The van der Waals surface area contributed by atoms with Gasteiger partial charge in [0.15, 0.2) is 0 Å². The van der Waals surface area contributed by atoms with Crippen LogP contribution in [0, 0.1) is 17.3 Å². The minimum Gasteiger partial charge on any atom is -0.497 e. The van der Waals surface area contributed by atoms with Crippen molar-refractivity contribution in [2.24, 2.45) is 17.3 Å². The van der Waals surface area contributed by atoms with E-state index in [1.165, 1.54) is 12.0 Å². The highest BCUT2D eigenvalue weighted by Crippen LogP contribution is 2.43. The highest BCUT2D eigenvalue weighted by Gasteiger charge is 2.37. The molecule has 0 aliphatic heterocycles. The molecule has 0 aromatic heterocycles. The second kappa shape index (κ2) is 6.17. The van der Waals surface area contributed by atoms with E-state index in [0.717, 1.165) is 25.0 Å². The first-order chi connectivity index (χ1) is 9.43. The number of ether oxygens (including phenoxy) is 1. The number of hydrogen-bond donors (Lipinski definition) is 1. The topological polar surface area (TPSA) is 29.5 Å². The summed E-state index contributed by atoms with van der Waals surface area (Å²) in [6.45, 7) is 6.76. The minimum absolute atomic E-state index is 0.146. The molecule has 1 aliphatic carbocycles. The Hall–Kier alpha value is -1.02. The van der Waals surface area contributed by atoms with Gasteiger partial charge in [0.2, 0.25) is 0 Å². The van der Waals surface area contributed by atoms with Crippen molar-refractivity contribution in [3.63, 3.8) is 0 Å². The third-order valence-corrected chi connectivity index (χ3v) is 4.92. The molecule has 1 aliphatic rings. The van der Waals surface area contributed by atoms with Crippen LogP contribution >= 0.6 is 0 Å². The lowest BCUT2D eigenvalue weighted by atomic mass is 9.65. The van der Waals surface area contributed by atoms with Gasteiger partial charge in [-0.2, -0.15) is 0 Å². The first-order valence-corrected chi connectivity index (χ1v) is 7.74. The first kappa shape index (κ1) is 15.4. The number of aliphatic hydroxyl groups excluding tert-OH is 1. The molecule has 0 bridgehead atoms. The van der Waals surface area contributed by atoms with Crippen molar-refractivity contribution in [2.75, 3.05) is 7.11 Å². The Balaban J connectivity index is 2.01. The summed E-state index contributed by atoms with van der Waals surface area (Å²) >= 11 is 0. The molecule has 0 saturated heterocycles. The molecule has 20 heavy (non-hydrogen) atoms. The van der Waals surface area contributed by atoms with Crippen molar-refractivity contribution in [3.05, 3.63) is 29.8 Å². The quantitative estimate of drug-likeness (QED) is 0.898. The number of benzene rings is 1. The second-order valence-corrected chi connectivity index (χ2v) is 7.05. The molecule has 112 valence electrons. The summed E-state index contributed by atoms with van der Waals surface area (Å²) in [6, 6.07) is 8.33. The highest BCUT2D eigenvalue weighted by molar-refractivity contribution is 5.27. The molecule has 3 atom stereocenters. The molecule has 0 radical (unpaired) electrons. The van der Waals surface area contributed by atoms with E-state index >= 15 is 0 Å². The van der Waals surface area contributed by atoms with Gasteiger partial charge >= 0.3 is 0 Å². The summed E-state index contributed by atoms with van der Waals surface area (Å²) in [5.41, 5.74) is 1.56. The van der Waals surface area contributed by atoms with E-state index in [-0.39, 0.29) is 11.5 Å². The van der Waals surface area contributed by atoms with Crippen LogP contribution in [0.2, 0.25) is 0 Å². The zero-order valence-electron chi connectivity index (χ0n) is 13.2. The average molecular weight is 276 g/mol. The smallest absolute Gasteiger partial charge is 0.118 e. The molecule has 1 aromatic rings. The van der Waals surface area contributed by atoms with Gasteiger partial charge in [0, 0.05) is 0 Å². The summed E-state index contributed by atoms with van der Waals surface area (Å²) in [5.74, 6) is 1.96. The Morgan fingerprint density at radius 1 is 1.30 bits per heavy atom. The van der Waals surface area contributed by atoms with Crippen LogP contribution in [0.3, 0.4) is 0 Å². The van der Waals surface area contributed by atoms with E-state index < -0.39 is 0 Å².